The van der Waals surface area contributed by atoms with E-state index in [0.717, 1.165) is 17.4 Å². The molecule has 0 aromatic heterocycles. The van der Waals surface area contributed by atoms with Crippen LogP contribution in [0.15, 0.2) is 36.4 Å². The van der Waals surface area contributed by atoms with Gasteiger partial charge in [0.1, 0.15) is 5.75 Å². The highest BCUT2D eigenvalue weighted by Gasteiger charge is 2.35. The molecule has 1 aliphatic rings. The molecule has 6 nitrogen and oxygen atoms in total. The number of amides is 1. The van der Waals surface area contributed by atoms with Gasteiger partial charge in [0, 0.05) is 5.02 Å². The Morgan fingerprint density at radius 1 is 1.24 bits per heavy atom. The first-order valence-electron chi connectivity index (χ1n) is 9.41. The minimum Gasteiger partial charge on any atom is -0.476 e. The van der Waals surface area contributed by atoms with E-state index in [1.54, 1.807) is 12.1 Å². The fourth-order valence-electron chi connectivity index (χ4n) is 3.34. The Bertz CT molecular complexity index is 1040. The summed E-state index contributed by atoms with van der Waals surface area (Å²) in [6.07, 6.45) is 0.837. The van der Waals surface area contributed by atoms with E-state index >= 15 is 0 Å². The number of carbonyl (C=O) groups is 1. The minimum absolute atomic E-state index is 0.110. The molecule has 29 heavy (non-hydrogen) atoms. The molecule has 2 atom stereocenters. The van der Waals surface area contributed by atoms with Crippen LogP contribution in [0.5, 0.6) is 5.75 Å². The van der Waals surface area contributed by atoms with Crippen molar-refractivity contribution in [3.05, 3.63) is 58.1 Å². The van der Waals surface area contributed by atoms with Crippen LogP contribution in [-0.2, 0) is 14.8 Å². The molecular formula is C21H25ClN2O4S. The number of sulfonamides is 1. The number of rotatable bonds is 5. The van der Waals surface area contributed by atoms with E-state index in [1.807, 2.05) is 32.9 Å². The van der Waals surface area contributed by atoms with E-state index in [1.165, 1.54) is 15.9 Å². The Kier molecular flexibility index (Phi) is 6.10. The summed E-state index contributed by atoms with van der Waals surface area (Å²) in [7, 11) is -3.60. The Morgan fingerprint density at radius 2 is 1.97 bits per heavy atom. The SMILES string of the molecule is CCC(NC(=O)C1CN(S(C)(=O)=O)c2cc(Cl)ccc2O1)c1ccc(C)c(C)c1. The molecule has 0 saturated heterocycles. The smallest absolute Gasteiger partial charge is 0.263 e. The van der Waals surface area contributed by atoms with Crippen molar-refractivity contribution < 1.29 is 17.9 Å². The van der Waals surface area contributed by atoms with Gasteiger partial charge < -0.3 is 10.1 Å². The quantitative estimate of drug-likeness (QED) is 0.774. The van der Waals surface area contributed by atoms with Gasteiger partial charge in [-0.05, 0) is 55.2 Å². The zero-order valence-electron chi connectivity index (χ0n) is 16.9. The summed E-state index contributed by atoms with van der Waals surface area (Å²) in [5, 5.41) is 3.40. The molecule has 2 unspecified atom stereocenters. The van der Waals surface area contributed by atoms with Gasteiger partial charge in [0.25, 0.3) is 5.91 Å². The molecule has 156 valence electrons. The zero-order valence-corrected chi connectivity index (χ0v) is 18.5. The van der Waals surface area contributed by atoms with Crippen LogP contribution in [0.4, 0.5) is 5.69 Å². The second-order valence-corrected chi connectivity index (χ2v) is 9.67. The number of benzene rings is 2. The monoisotopic (exact) mass is 436 g/mol. The van der Waals surface area contributed by atoms with Crippen molar-refractivity contribution in [2.75, 3.05) is 17.1 Å². The van der Waals surface area contributed by atoms with Crippen LogP contribution in [0, 0.1) is 13.8 Å². The summed E-state index contributed by atoms with van der Waals surface area (Å²) >= 11 is 6.01. The van der Waals surface area contributed by atoms with Crippen LogP contribution in [0.2, 0.25) is 5.02 Å². The third kappa shape index (κ3) is 4.67. The van der Waals surface area contributed by atoms with Gasteiger partial charge in [0.05, 0.1) is 24.5 Å². The van der Waals surface area contributed by atoms with E-state index in [2.05, 4.69) is 11.4 Å². The summed E-state index contributed by atoms with van der Waals surface area (Å²) in [4.78, 5) is 13.0. The zero-order chi connectivity index (χ0) is 21.3. The third-order valence-electron chi connectivity index (χ3n) is 5.14. The van der Waals surface area contributed by atoms with Crippen LogP contribution < -0.4 is 14.4 Å². The average molecular weight is 437 g/mol. The van der Waals surface area contributed by atoms with Gasteiger partial charge in [0.2, 0.25) is 10.0 Å². The number of nitrogens with one attached hydrogen (secondary N) is 1. The molecule has 0 spiro atoms. The fourth-order valence-corrected chi connectivity index (χ4v) is 4.41. The Labute approximate surface area is 176 Å². The molecule has 0 saturated carbocycles. The standard InChI is InChI=1S/C21H25ClN2O4S/c1-5-17(15-7-6-13(2)14(3)10-15)23-21(25)20-12-24(29(4,26)27)18-11-16(22)8-9-19(18)28-20/h6-11,17,20H,5,12H2,1-4H3,(H,23,25). The van der Waals surface area contributed by atoms with Gasteiger partial charge in [-0.1, -0.05) is 36.7 Å². The highest BCUT2D eigenvalue weighted by molar-refractivity contribution is 7.92. The number of halogens is 1. The maximum atomic E-state index is 13.0. The van der Waals surface area contributed by atoms with E-state index in [9.17, 15) is 13.2 Å². The van der Waals surface area contributed by atoms with Crippen molar-refractivity contribution in [2.45, 2.75) is 39.3 Å². The summed E-state index contributed by atoms with van der Waals surface area (Å²) in [5.41, 5.74) is 3.68. The minimum atomic E-state index is -3.60. The number of aryl methyl sites for hydroxylation is 2. The highest BCUT2D eigenvalue weighted by atomic mass is 35.5. The first-order valence-corrected chi connectivity index (χ1v) is 11.6. The summed E-state index contributed by atoms with van der Waals surface area (Å²) in [5.74, 6) is -0.0465. The molecule has 1 amide bonds. The van der Waals surface area contributed by atoms with E-state index in [-0.39, 0.29) is 18.5 Å². The molecule has 0 fully saturated rings. The van der Waals surface area contributed by atoms with E-state index in [0.29, 0.717) is 22.9 Å². The third-order valence-corrected chi connectivity index (χ3v) is 6.52. The molecule has 0 radical (unpaired) electrons. The lowest BCUT2D eigenvalue weighted by Crippen LogP contribution is -2.51. The molecule has 1 aliphatic heterocycles. The van der Waals surface area contributed by atoms with Crippen LogP contribution in [-0.4, -0.2) is 33.2 Å². The first kappa shape index (κ1) is 21.5. The predicted molar refractivity (Wildman–Crippen MR) is 115 cm³/mol. The van der Waals surface area contributed by atoms with Crippen LogP contribution >= 0.6 is 11.6 Å². The number of carbonyl (C=O) groups excluding carboxylic acids is 1. The summed E-state index contributed by atoms with van der Waals surface area (Å²) in [6.45, 7) is 5.95. The van der Waals surface area contributed by atoms with Gasteiger partial charge in [-0.15, -0.1) is 0 Å². The van der Waals surface area contributed by atoms with E-state index in [4.69, 9.17) is 16.3 Å². The van der Waals surface area contributed by atoms with Crippen molar-refractivity contribution in [1.29, 1.82) is 0 Å². The van der Waals surface area contributed by atoms with Crippen LogP contribution in [0.3, 0.4) is 0 Å². The number of hydrogen-bond donors (Lipinski definition) is 1. The number of ether oxygens (including phenoxy) is 1. The Hall–Kier alpha value is -2.25. The summed E-state index contributed by atoms with van der Waals surface area (Å²) in [6, 6.07) is 10.6. The molecule has 1 heterocycles. The molecule has 1 N–H and O–H groups in total. The highest BCUT2D eigenvalue weighted by Crippen LogP contribution is 2.37. The molecule has 0 aliphatic carbocycles. The molecule has 2 aromatic carbocycles. The van der Waals surface area contributed by atoms with Gasteiger partial charge in [0.15, 0.2) is 6.10 Å². The lowest BCUT2D eigenvalue weighted by Gasteiger charge is -2.34. The van der Waals surface area contributed by atoms with Crippen molar-refractivity contribution in [3.8, 4) is 5.75 Å². The van der Waals surface area contributed by atoms with Crippen molar-refractivity contribution in [2.24, 2.45) is 0 Å². The van der Waals surface area contributed by atoms with E-state index < -0.39 is 16.1 Å². The Morgan fingerprint density at radius 3 is 2.59 bits per heavy atom. The van der Waals surface area contributed by atoms with Gasteiger partial charge in [-0.25, -0.2) is 8.42 Å². The number of fused-ring (bicyclic) bond motifs is 1. The topological polar surface area (TPSA) is 75.7 Å². The van der Waals surface area contributed by atoms with Gasteiger partial charge in [-0.3, -0.25) is 9.10 Å². The van der Waals surface area contributed by atoms with Crippen molar-refractivity contribution >= 4 is 33.2 Å². The molecule has 3 rings (SSSR count). The maximum absolute atomic E-state index is 13.0. The lowest BCUT2D eigenvalue weighted by atomic mass is 9.99. The second kappa shape index (κ2) is 8.24. The van der Waals surface area contributed by atoms with Gasteiger partial charge in [-0.2, -0.15) is 0 Å². The normalized spacial score (nSPS) is 17.3. The summed E-state index contributed by atoms with van der Waals surface area (Å²) < 4.78 is 31.6. The second-order valence-electron chi connectivity index (χ2n) is 7.33. The first-order chi connectivity index (χ1) is 13.6. The number of hydrogen-bond acceptors (Lipinski definition) is 4. The van der Waals surface area contributed by atoms with Gasteiger partial charge >= 0.3 is 0 Å². The molecule has 0 bridgehead atoms. The molecule has 8 heteroatoms. The van der Waals surface area contributed by atoms with Crippen LogP contribution in [0.1, 0.15) is 36.1 Å². The van der Waals surface area contributed by atoms with Crippen molar-refractivity contribution in [1.82, 2.24) is 5.32 Å². The predicted octanol–water partition coefficient (Wildman–Crippen LogP) is 3.75. The van der Waals surface area contributed by atoms with Crippen molar-refractivity contribution in [3.63, 3.8) is 0 Å². The molecular weight excluding hydrogens is 412 g/mol. The fraction of sp³-hybridized carbons (Fsp3) is 0.381. The number of nitrogens with zero attached hydrogens (tertiary/aromatic N) is 1. The number of anilines is 1. The lowest BCUT2D eigenvalue weighted by molar-refractivity contribution is -0.128. The van der Waals surface area contributed by atoms with Crippen LogP contribution in [0.25, 0.3) is 0 Å². The largest absolute Gasteiger partial charge is 0.476 e. The molecule has 2 aromatic rings. The Balaban J connectivity index is 1.85. The average Bonchev–Trinajstić information content (AvgIpc) is 2.66. The maximum Gasteiger partial charge on any atom is 0.263 e.